The summed E-state index contributed by atoms with van der Waals surface area (Å²) in [4.78, 5) is 23.9. The molecule has 4 aromatic rings. The van der Waals surface area contributed by atoms with Gasteiger partial charge in [-0.2, -0.15) is 10.4 Å². The first-order chi connectivity index (χ1) is 20.4. The molecule has 10 nitrogen and oxygen atoms in total. The van der Waals surface area contributed by atoms with E-state index in [1.807, 2.05) is 23.4 Å². The van der Waals surface area contributed by atoms with Gasteiger partial charge in [0.2, 0.25) is 0 Å². The lowest BCUT2D eigenvalue weighted by molar-refractivity contribution is 0.0534. The Labute approximate surface area is 247 Å². The minimum Gasteiger partial charge on any atom is -0.444 e. The van der Waals surface area contributed by atoms with Crippen molar-refractivity contribution in [3.05, 3.63) is 58.5 Å². The number of hydrogen-bond acceptors (Lipinski definition) is 9. The molecule has 0 bridgehead atoms. The number of pyridine rings is 1. The molecule has 1 atom stereocenters. The number of nitriles is 1. The average Bonchev–Trinajstić information content (AvgIpc) is 3.76. The second-order valence-electron chi connectivity index (χ2n) is 10.5. The summed E-state index contributed by atoms with van der Waals surface area (Å²) in [6.45, 7) is 7.73. The second-order valence-corrected chi connectivity index (χ2v) is 11.5. The van der Waals surface area contributed by atoms with Crippen LogP contribution < -0.4 is 9.80 Å². The van der Waals surface area contributed by atoms with Crippen molar-refractivity contribution in [2.24, 2.45) is 0 Å². The van der Waals surface area contributed by atoms with E-state index in [4.69, 9.17) is 19.6 Å². The number of benzene rings is 1. The van der Waals surface area contributed by atoms with Crippen LogP contribution in [0.2, 0.25) is 0 Å². The number of piperazine rings is 1. The van der Waals surface area contributed by atoms with E-state index in [1.54, 1.807) is 17.0 Å². The van der Waals surface area contributed by atoms with Crippen LogP contribution in [-0.4, -0.2) is 78.1 Å². The fraction of sp³-hybridized carbons (Fsp3) is 0.400. The Morgan fingerprint density at radius 2 is 2.00 bits per heavy atom. The van der Waals surface area contributed by atoms with E-state index in [0.29, 0.717) is 67.1 Å². The number of carbonyl (C=O) groups is 1. The molecule has 0 spiro atoms. The molecule has 0 N–H and O–H groups in total. The van der Waals surface area contributed by atoms with Crippen LogP contribution in [0.4, 0.5) is 25.7 Å². The van der Waals surface area contributed by atoms with Gasteiger partial charge < -0.3 is 24.2 Å². The number of amides is 1. The monoisotopic (exact) mass is 589 g/mol. The van der Waals surface area contributed by atoms with Gasteiger partial charge in [-0.25, -0.2) is 18.7 Å². The van der Waals surface area contributed by atoms with E-state index in [-0.39, 0.29) is 18.0 Å². The highest BCUT2D eigenvalue weighted by Crippen LogP contribution is 2.39. The highest BCUT2D eigenvalue weighted by molar-refractivity contribution is 7.16. The van der Waals surface area contributed by atoms with Gasteiger partial charge in [-0.3, -0.25) is 0 Å². The van der Waals surface area contributed by atoms with Crippen LogP contribution in [-0.2, 0) is 15.9 Å². The van der Waals surface area contributed by atoms with Crippen LogP contribution >= 0.6 is 11.3 Å². The van der Waals surface area contributed by atoms with Gasteiger partial charge in [0.15, 0.2) is 5.13 Å². The van der Waals surface area contributed by atoms with Crippen LogP contribution in [0, 0.1) is 24.1 Å². The van der Waals surface area contributed by atoms with E-state index in [9.17, 15) is 14.4 Å². The highest BCUT2D eigenvalue weighted by atomic mass is 32.1. The molecule has 0 radical (unpaired) electrons. The van der Waals surface area contributed by atoms with Crippen LogP contribution in [0.1, 0.15) is 29.6 Å². The number of anilines is 3. The number of carbonyl (C=O) groups excluding carboxylic acids is 1. The highest BCUT2D eigenvalue weighted by Gasteiger charge is 2.28. The van der Waals surface area contributed by atoms with E-state index in [0.717, 1.165) is 34.7 Å². The Hall–Kier alpha value is -4.21. The van der Waals surface area contributed by atoms with E-state index < -0.39 is 0 Å². The van der Waals surface area contributed by atoms with E-state index in [2.05, 4.69) is 30.0 Å². The zero-order valence-electron chi connectivity index (χ0n) is 23.8. The van der Waals surface area contributed by atoms with Gasteiger partial charge in [0.1, 0.15) is 28.6 Å². The van der Waals surface area contributed by atoms with Gasteiger partial charge in [-0.05, 0) is 49.7 Å². The summed E-state index contributed by atoms with van der Waals surface area (Å²) in [5, 5.41) is 15.4. The molecule has 0 saturated carbocycles. The van der Waals surface area contributed by atoms with Crippen molar-refractivity contribution in [2.45, 2.75) is 32.8 Å². The molecule has 1 aromatic carbocycles. The molecular formula is C30H32FN7O3S. The molecule has 2 fully saturated rings. The van der Waals surface area contributed by atoms with Crippen molar-refractivity contribution in [1.29, 1.82) is 5.26 Å². The van der Waals surface area contributed by atoms with Gasteiger partial charge in [-0.15, -0.1) is 0 Å². The second kappa shape index (κ2) is 11.6. The number of aromatic nitrogens is 3. The van der Waals surface area contributed by atoms with Crippen LogP contribution in [0.25, 0.3) is 16.8 Å². The third-order valence-corrected chi connectivity index (χ3v) is 8.83. The molecule has 0 aliphatic carbocycles. The lowest BCUT2D eigenvalue weighted by atomic mass is 10.1. The van der Waals surface area contributed by atoms with Crippen molar-refractivity contribution in [3.8, 4) is 17.3 Å². The van der Waals surface area contributed by atoms with Gasteiger partial charge in [-0.1, -0.05) is 18.3 Å². The maximum absolute atomic E-state index is 13.5. The number of fused-ring (bicyclic) bond motifs is 1. The van der Waals surface area contributed by atoms with Gasteiger partial charge in [0.05, 0.1) is 30.1 Å². The standard InChI is InChI=1S/C30H32FN7O3S/c1-4-24-28(35(3)29-33-27(26(17-32)42-29)20-5-7-21(31)8-6-20)25-16-22(15-19(2)38(25)34-24)36-10-12-37(13-11-36)30(39)41-23-9-14-40-18-23/h5-8,15-16,23H,4,9-14,18H2,1-3H3. The van der Waals surface area contributed by atoms with Gasteiger partial charge in [0.25, 0.3) is 0 Å². The Morgan fingerprint density at radius 3 is 2.67 bits per heavy atom. The predicted octanol–water partition coefficient (Wildman–Crippen LogP) is 5.15. The molecule has 6 rings (SSSR count). The van der Waals surface area contributed by atoms with Crippen molar-refractivity contribution >= 4 is 39.5 Å². The number of hydrogen-bond donors (Lipinski definition) is 0. The molecule has 2 aliphatic rings. The molecule has 218 valence electrons. The summed E-state index contributed by atoms with van der Waals surface area (Å²) in [6, 6.07) is 12.5. The third kappa shape index (κ3) is 5.26. The Morgan fingerprint density at radius 1 is 1.24 bits per heavy atom. The summed E-state index contributed by atoms with van der Waals surface area (Å²) in [7, 11) is 1.94. The number of thiazole rings is 1. The van der Waals surface area contributed by atoms with E-state index >= 15 is 0 Å². The smallest absolute Gasteiger partial charge is 0.410 e. The minimum atomic E-state index is -0.338. The number of aryl methyl sites for hydroxylation is 2. The molecule has 1 unspecified atom stereocenters. The quantitative estimate of drug-likeness (QED) is 0.304. The molecule has 2 saturated heterocycles. The number of nitrogens with zero attached hydrogens (tertiary/aromatic N) is 7. The summed E-state index contributed by atoms with van der Waals surface area (Å²) < 4.78 is 26.4. The first-order valence-corrected chi connectivity index (χ1v) is 14.9. The predicted molar refractivity (Wildman–Crippen MR) is 159 cm³/mol. The lowest BCUT2D eigenvalue weighted by Crippen LogP contribution is -2.49. The third-order valence-electron chi connectivity index (χ3n) is 7.79. The largest absolute Gasteiger partial charge is 0.444 e. The Balaban J connectivity index is 1.28. The fourth-order valence-electron chi connectivity index (χ4n) is 5.51. The topological polar surface area (TPSA) is 99.2 Å². The van der Waals surface area contributed by atoms with E-state index in [1.165, 1.54) is 23.5 Å². The first kappa shape index (κ1) is 27.9. The SMILES string of the molecule is CCc1nn2c(C)cc(N3CCN(C(=O)OC4CCOC4)CC3)cc2c1N(C)c1nc(-c2ccc(F)cc2)c(C#N)s1. The molecule has 1 amide bonds. The maximum Gasteiger partial charge on any atom is 0.410 e. The zero-order valence-corrected chi connectivity index (χ0v) is 24.7. The molecule has 42 heavy (non-hydrogen) atoms. The van der Waals surface area contributed by atoms with Gasteiger partial charge in [0, 0.05) is 56.6 Å². The lowest BCUT2D eigenvalue weighted by Gasteiger charge is -2.36. The van der Waals surface area contributed by atoms with Crippen LogP contribution in [0.5, 0.6) is 0 Å². The maximum atomic E-state index is 13.5. The Kier molecular flexibility index (Phi) is 7.70. The minimum absolute atomic E-state index is 0.153. The number of rotatable bonds is 6. The van der Waals surface area contributed by atoms with Crippen molar-refractivity contribution in [3.63, 3.8) is 0 Å². The summed E-state index contributed by atoms with van der Waals surface area (Å²) in [5.74, 6) is -0.338. The Bertz CT molecular complexity index is 1650. The molecule has 5 heterocycles. The van der Waals surface area contributed by atoms with Crippen molar-refractivity contribution < 1.29 is 18.7 Å². The first-order valence-electron chi connectivity index (χ1n) is 14.1. The molecular weight excluding hydrogens is 557 g/mol. The summed E-state index contributed by atoms with van der Waals surface area (Å²) in [6.07, 6.45) is 1.03. The normalized spacial score (nSPS) is 17.1. The van der Waals surface area contributed by atoms with Gasteiger partial charge >= 0.3 is 6.09 Å². The fourth-order valence-corrected chi connectivity index (χ4v) is 6.36. The number of ether oxygens (including phenoxy) is 2. The molecule has 12 heteroatoms. The van der Waals surface area contributed by atoms with Crippen LogP contribution in [0.3, 0.4) is 0 Å². The molecule has 3 aromatic heterocycles. The average molecular weight is 590 g/mol. The molecule has 2 aliphatic heterocycles. The zero-order chi connectivity index (χ0) is 29.4. The summed E-state index contributed by atoms with van der Waals surface area (Å²) >= 11 is 1.30. The summed E-state index contributed by atoms with van der Waals surface area (Å²) in [5.41, 5.74) is 6.04. The number of halogens is 1. The van der Waals surface area contributed by atoms with Crippen molar-refractivity contribution in [2.75, 3.05) is 56.2 Å². The van der Waals surface area contributed by atoms with Crippen LogP contribution in [0.15, 0.2) is 36.4 Å². The van der Waals surface area contributed by atoms with Crippen molar-refractivity contribution in [1.82, 2.24) is 19.5 Å².